The first kappa shape index (κ1) is 20.9. The molecular formula is C24H27N3O4. The summed E-state index contributed by atoms with van der Waals surface area (Å²) in [5.74, 6) is 0.464. The summed E-state index contributed by atoms with van der Waals surface area (Å²) in [4.78, 5) is 33.0. The first-order chi connectivity index (χ1) is 15.0. The Bertz CT molecular complexity index is 1150. The van der Waals surface area contributed by atoms with Gasteiger partial charge in [-0.3, -0.25) is 9.78 Å². The number of fused-ring (bicyclic) bond motifs is 1. The average Bonchev–Trinajstić information content (AvgIpc) is 2.78. The van der Waals surface area contributed by atoms with E-state index in [4.69, 9.17) is 9.15 Å². The molecule has 1 amide bonds. The molecule has 3 heterocycles. The lowest BCUT2D eigenvalue weighted by Gasteiger charge is -2.37. The predicted molar refractivity (Wildman–Crippen MR) is 120 cm³/mol. The fraction of sp³-hybridized carbons (Fsp3) is 0.375. The summed E-state index contributed by atoms with van der Waals surface area (Å²) in [6, 6.07) is 8.90. The van der Waals surface area contributed by atoms with Gasteiger partial charge in [-0.1, -0.05) is 6.92 Å². The third-order valence-corrected chi connectivity index (χ3v) is 5.77. The fourth-order valence-electron chi connectivity index (χ4n) is 4.08. The Labute approximate surface area is 181 Å². The molecule has 4 rings (SSSR count). The smallest absolute Gasteiger partial charge is 0.336 e. The van der Waals surface area contributed by atoms with Gasteiger partial charge in [0, 0.05) is 61.8 Å². The van der Waals surface area contributed by atoms with E-state index in [-0.39, 0.29) is 11.5 Å². The lowest BCUT2D eigenvalue weighted by molar-refractivity contribution is -0.138. The summed E-state index contributed by atoms with van der Waals surface area (Å²) in [7, 11) is 0. The van der Waals surface area contributed by atoms with Crippen molar-refractivity contribution in [2.24, 2.45) is 0 Å². The average molecular weight is 421 g/mol. The maximum absolute atomic E-state index is 12.9. The van der Waals surface area contributed by atoms with Crippen LogP contribution in [-0.2, 0) is 11.2 Å². The van der Waals surface area contributed by atoms with E-state index in [1.165, 1.54) is 6.07 Å². The summed E-state index contributed by atoms with van der Waals surface area (Å²) in [5.41, 5.74) is 3.32. The number of nitrogens with zero attached hydrogens (tertiary/aromatic N) is 3. The number of pyridine rings is 1. The van der Waals surface area contributed by atoms with E-state index < -0.39 is 6.10 Å². The summed E-state index contributed by atoms with van der Waals surface area (Å²) in [5, 5.41) is 0.885. The first-order valence-corrected chi connectivity index (χ1v) is 10.6. The predicted octanol–water partition coefficient (Wildman–Crippen LogP) is 3.17. The Hall–Kier alpha value is -3.35. The number of carbonyl (C=O) groups is 1. The van der Waals surface area contributed by atoms with Crippen molar-refractivity contribution >= 4 is 22.6 Å². The SMILES string of the molecule is CCc1cc(=O)oc2cc(OC(C)C(=O)N3CCN(c4ccncc4C)CC3)ccc12. The zero-order chi connectivity index (χ0) is 22.0. The second kappa shape index (κ2) is 8.79. The van der Waals surface area contributed by atoms with E-state index in [9.17, 15) is 9.59 Å². The van der Waals surface area contributed by atoms with Crippen LogP contribution in [0.25, 0.3) is 11.0 Å². The van der Waals surface area contributed by atoms with Crippen LogP contribution in [0.5, 0.6) is 5.75 Å². The number of carbonyl (C=O) groups excluding carboxylic acids is 1. The van der Waals surface area contributed by atoms with E-state index in [2.05, 4.69) is 9.88 Å². The van der Waals surface area contributed by atoms with Crippen LogP contribution in [0, 0.1) is 6.92 Å². The molecule has 1 fully saturated rings. The van der Waals surface area contributed by atoms with Gasteiger partial charge >= 0.3 is 5.63 Å². The molecule has 0 spiro atoms. The Balaban J connectivity index is 1.41. The minimum Gasteiger partial charge on any atom is -0.481 e. The second-order valence-corrected chi connectivity index (χ2v) is 7.84. The zero-order valence-electron chi connectivity index (χ0n) is 18.1. The topological polar surface area (TPSA) is 75.9 Å². The lowest BCUT2D eigenvalue weighted by Crippen LogP contribution is -2.52. The van der Waals surface area contributed by atoms with Gasteiger partial charge in [-0.25, -0.2) is 4.79 Å². The number of rotatable bonds is 5. The second-order valence-electron chi connectivity index (χ2n) is 7.84. The number of aryl methyl sites for hydroxylation is 2. The lowest BCUT2D eigenvalue weighted by atomic mass is 10.1. The highest BCUT2D eigenvalue weighted by Gasteiger charge is 2.26. The highest BCUT2D eigenvalue weighted by atomic mass is 16.5. The molecule has 1 aliphatic rings. The van der Waals surface area contributed by atoms with E-state index in [1.54, 1.807) is 19.2 Å². The molecule has 0 N–H and O–H groups in total. The van der Waals surface area contributed by atoms with Gasteiger partial charge < -0.3 is 19.0 Å². The maximum Gasteiger partial charge on any atom is 0.336 e. The van der Waals surface area contributed by atoms with Crippen molar-refractivity contribution in [1.82, 2.24) is 9.88 Å². The summed E-state index contributed by atoms with van der Waals surface area (Å²) in [6.07, 6.45) is 3.76. The van der Waals surface area contributed by atoms with Gasteiger partial charge in [-0.05, 0) is 49.6 Å². The number of piperazine rings is 1. The minimum absolute atomic E-state index is 0.0463. The van der Waals surface area contributed by atoms with E-state index in [1.807, 2.05) is 43.1 Å². The molecular weight excluding hydrogens is 394 g/mol. The Morgan fingerprint density at radius 1 is 1.19 bits per heavy atom. The van der Waals surface area contributed by atoms with E-state index in [0.29, 0.717) is 24.4 Å². The van der Waals surface area contributed by atoms with Crippen molar-refractivity contribution in [3.8, 4) is 5.75 Å². The van der Waals surface area contributed by atoms with Crippen molar-refractivity contribution in [2.75, 3.05) is 31.1 Å². The number of hydrogen-bond acceptors (Lipinski definition) is 6. The molecule has 1 unspecified atom stereocenters. The molecule has 162 valence electrons. The fourth-order valence-corrected chi connectivity index (χ4v) is 4.08. The van der Waals surface area contributed by atoms with Gasteiger partial charge in [0.15, 0.2) is 6.10 Å². The number of anilines is 1. The highest BCUT2D eigenvalue weighted by molar-refractivity contribution is 5.83. The largest absolute Gasteiger partial charge is 0.481 e. The van der Waals surface area contributed by atoms with Crippen LogP contribution in [0.2, 0.25) is 0 Å². The molecule has 0 saturated carbocycles. The quantitative estimate of drug-likeness (QED) is 0.589. The number of benzene rings is 1. The standard InChI is InChI=1S/C24H27N3O4/c1-4-18-13-23(28)31-22-14-19(5-6-20(18)22)30-17(3)24(29)27-11-9-26(10-12-27)21-7-8-25-15-16(21)2/h5-8,13-15,17H,4,9-12H2,1-3H3. The molecule has 1 atom stereocenters. The normalized spacial score (nSPS) is 15.2. The molecule has 1 saturated heterocycles. The van der Waals surface area contributed by atoms with Crippen LogP contribution in [0.3, 0.4) is 0 Å². The molecule has 1 aliphatic heterocycles. The van der Waals surface area contributed by atoms with Gasteiger partial charge in [0.2, 0.25) is 0 Å². The van der Waals surface area contributed by atoms with Gasteiger partial charge in [0.1, 0.15) is 11.3 Å². The molecule has 2 aromatic heterocycles. The van der Waals surface area contributed by atoms with E-state index >= 15 is 0 Å². The molecule has 0 aliphatic carbocycles. The van der Waals surface area contributed by atoms with Gasteiger partial charge in [0.25, 0.3) is 5.91 Å². The van der Waals surface area contributed by atoms with Gasteiger partial charge in [0.05, 0.1) is 0 Å². The third-order valence-electron chi connectivity index (χ3n) is 5.77. The maximum atomic E-state index is 12.9. The van der Waals surface area contributed by atoms with Gasteiger partial charge in [-0.2, -0.15) is 0 Å². The van der Waals surface area contributed by atoms with Crippen LogP contribution >= 0.6 is 0 Å². The van der Waals surface area contributed by atoms with E-state index in [0.717, 1.165) is 41.7 Å². The Morgan fingerprint density at radius 2 is 1.97 bits per heavy atom. The van der Waals surface area contributed by atoms with Crippen molar-refractivity contribution in [3.63, 3.8) is 0 Å². The Kier molecular flexibility index (Phi) is 5.93. The highest BCUT2D eigenvalue weighted by Crippen LogP contribution is 2.24. The molecule has 7 nitrogen and oxygen atoms in total. The van der Waals surface area contributed by atoms with Crippen molar-refractivity contribution < 1.29 is 13.9 Å². The summed E-state index contributed by atoms with van der Waals surface area (Å²) in [6.45, 7) is 8.61. The molecule has 7 heteroatoms. The molecule has 0 radical (unpaired) electrons. The minimum atomic E-state index is -0.632. The number of ether oxygens (including phenoxy) is 1. The molecule has 31 heavy (non-hydrogen) atoms. The van der Waals surface area contributed by atoms with Gasteiger partial charge in [-0.15, -0.1) is 0 Å². The van der Waals surface area contributed by atoms with Crippen LogP contribution < -0.4 is 15.3 Å². The van der Waals surface area contributed by atoms with Crippen molar-refractivity contribution in [1.29, 1.82) is 0 Å². The molecule has 0 bridgehead atoms. The van der Waals surface area contributed by atoms with Crippen molar-refractivity contribution in [3.05, 3.63) is 64.3 Å². The van der Waals surface area contributed by atoms with Crippen LogP contribution in [0.4, 0.5) is 5.69 Å². The van der Waals surface area contributed by atoms with Crippen LogP contribution in [0.1, 0.15) is 25.0 Å². The third kappa shape index (κ3) is 4.40. The van der Waals surface area contributed by atoms with Crippen LogP contribution in [0.15, 0.2) is 51.9 Å². The first-order valence-electron chi connectivity index (χ1n) is 10.6. The summed E-state index contributed by atoms with van der Waals surface area (Å²) >= 11 is 0. The summed E-state index contributed by atoms with van der Waals surface area (Å²) < 4.78 is 11.2. The number of hydrogen-bond donors (Lipinski definition) is 0. The zero-order valence-corrected chi connectivity index (χ0v) is 18.1. The Morgan fingerprint density at radius 3 is 2.68 bits per heavy atom. The number of aromatic nitrogens is 1. The molecule has 3 aromatic rings. The number of amides is 1. The van der Waals surface area contributed by atoms with Crippen molar-refractivity contribution in [2.45, 2.75) is 33.3 Å². The van der Waals surface area contributed by atoms with Crippen LogP contribution in [-0.4, -0.2) is 48.1 Å². The monoisotopic (exact) mass is 421 g/mol. The molecule has 1 aromatic carbocycles.